The molecule has 0 bridgehead atoms. The summed E-state index contributed by atoms with van der Waals surface area (Å²) in [5, 5.41) is 35.6. The van der Waals surface area contributed by atoms with Crippen LogP contribution in [0.1, 0.15) is 11.1 Å². The number of para-hydroxylation sites is 1. The maximum Gasteiger partial charge on any atom is 0.321 e. The molecular weight excluding hydrogens is 388 g/mol. The van der Waals surface area contributed by atoms with Gasteiger partial charge in [0.2, 0.25) is 5.75 Å². The molecule has 0 aliphatic rings. The number of ether oxygens (including phenoxy) is 2. The van der Waals surface area contributed by atoms with Crippen molar-refractivity contribution in [3.05, 3.63) is 61.7 Å². The first kappa shape index (κ1) is 21.1. The molecular formula is C17H16N4O8. The van der Waals surface area contributed by atoms with Gasteiger partial charge in [-0.15, -0.1) is 0 Å². The van der Waals surface area contributed by atoms with Gasteiger partial charge in [-0.1, -0.05) is 12.1 Å². The van der Waals surface area contributed by atoms with E-state index in [4.69, 9.17) is 9.47 Å². The van der Waals surface area contributed by atoms with Crippen LogP contribution in [0.2, 0.25) is 0 Å². The average molecular weight is 404 g/mol. The average Bonchev–Trinajstić information content (AvgIpc) is 2.68. The molecule has 12 nitrogen and oxygen atoms in total. The maximum absolute atomic E-state index is 11.9. The van der Waals surface area contributed by atoms with E-state index in [0.29, 0.717) is 17.2 Å². The van der Waals surface area contributed by atoms with Gasteiger partial charge < -0.3 is 14.6 Å². The SMILES string of the molecule is COc1cc([N+](=O)[O-])cc([N+](=O)[O-])c1OCC(=O)NN=Cc1cccc(C)c1O. The lowest BCUT2D eigenvalue weighted by molar-refractivity contribution is -0.394. The van der Waals surface area contributed by atoms with Crippen molar-refractivity contribution in [3.63, 3.8) is 0 Å². The van der Waals surface area contributed by atoms with Gasteiger partial charge in [0.05, 0.1) is 35.3 Å². The van der Waals surface area contributed by atoms with Gasteiger partial charge in [-0.2, -0.15) is 5.10 Å². The molecule has 2 aromatic rings. The van der Waals surface area contributed by atoms with E-state index in [1.807, 2.05) is 0 Å². The summed E-state index contributed by atoms with van der Waals surface area (Å²) in [6.07, 6.45) is 1.22. The number of aromatic hydroxyl groups is 1. The number of amides is 1. The first-order valence-electron chi connectivity index (χ1n) is 7.98. The smallest absolute Gasteiger partial charge is 0.321 e. The largest absolute Gasteiger partial charge is 0.507 e. The number of phenols is 1. The van der Waals surface area contributed by atoms with Gasteiger partial charge in [0.25, 0.3) is 11.6 Å². The van der Waals surface area contributed by atoms with Crippen molar-refractivity contribution in [2.45, 2.75) is 6.92 Å². The second-order valence-corrected chi connectivity index (χ2v) is 5.61. The number of phenolic OH excluding ortho intramolecular Hbond substituents is 1. The van der Waals surface area contributed by atoms with Crippen LogP contribution in [-0.2, 0) is 4.79 Å². The third kappa shape index (κ3) is 5.15. The summed E-state index contributed by atoms with van der Waals surface area (Å²) < 4.78 is 10.0. The molecule has 0 saturated carbocycles. The Morgan fingerprint density at radius 1 is 1.28 bits per heavy atom. The van der Waals surface area contributed by atoms with Crippen molar-refractivity contribution >= 4 is 23.5 Å². The van der Waals surface area contributed by atoms with Crippen LogP contribution < -0.4 is 14.9 Å². The summed E-state index contributed by atoms with van der Waals surface area (Å²) >= 11 is 0. The normalized spacial score (nSPS) is 10.6. The number of hydrazone groups is 1. The number of non-ortho nitro benzene ring substituents is 1. The van der Waals surface area contributed by atoms with E-state index >= 15 is 0 Å². The lowest BCUT2D eigenvalue weighted by Gasteiger charge is -2.10. The van der Waals surface area contributed by atoms with E-state index in [1.165, 1.54) is 6.21 Å². The molecule has 2 N–H and O–H groups in total. The number of benzene rings is 2. The molecule has 0 radical (unpaired) electrons. The first-order chi connectivity index (χ1) is 13.7. The highest BCUT2D eigenvalue weighted by atomic mass is 16.6. The maximum atomic E-state index is 11.9. The Morgan fingerprint density at radius 3 is 2.62 bits per heavy atom. The van der Waals surface area contributed by atoms with Crippen LogP contribution in [0.25, 0.3) is 0 Å². The van der Waals surface area contributed by atoms with E-state index < -0.39 is 39.5 Å². The Labute approximate surface area is 163 Å². The zero-order chi connectivity index (χ0) is 21.6. The molecule has 0 saturated heterocycles. The van der Waals surface area contributed by atoms with Crippen molar-refractivity contribution in [2.24, 2.45) is 5.10 Å². The first-order valence-corrected chi connectivity index (χ1v) is 7.98. The van der Waals surface area contributed by atoms with Crippen LogP contribution in [0.5, 0.6) is 17.2 Å². The number of methoxy groups -OCH3 is 1. The number of nitrogens with zero attached hydrogens (tertiary/aromatic N) is 3. The van der Waals surface area contributed by atoms with Crippen molar-refractivity contribution in [1.29, 1.82) is 0 Å². The zero-order valence-electron chi connectivity index (χ0n) is 15.3. The minimum absolute atomic E-state index is 0.00740. The number of hydrogen-bond donors (Lipinski definition) is 2. The number of hydrogen-bond acceptors (Lipinski definition) is 9. The van der Waals surface area contributed by atoms with E-state index in [-0.39, 0.29) is 11.5 Å². The third-order valence-corrected chi connectivity index (χ3v) is 3.66. The Kier molecular flexibility index (Phi) is 6.63. The lowest BCUT2D eigenvalue weighted by Crippen LogP contribution is -2.25. The standard InChI is InChI=1S/C17H16N4O8/c1-10-4-3-5-11(16(10)23)8-18-19-15(22)9-29-17-13(21(26)27)6-12(20(24)25)7-14(17)28-2/h3-8,23H,9H2,1-2H3,(H,19,22). The minimum Gasteiger partial charge on any atom is -0.507 e. The zero-order valence-corrected chi connectivity index (χ0v) is 15.3. The molecule has 0 aromatic heterocycles. The Bertz CT molecular complexity index is 990. The van der Waals surface area contributed by atoms with Crippen LogP contribution in [0.4, 0.5) is 11.4 Å². The molecule has 1 amide bonds. The Morgan fingerprint density at radius 2 is 2.00 bits per heavy atom. The highest BCUT2D eigenvalue weighted by Crippen LogP contribution is 2.40. The van der Waals surface area contributed by atoms with Crippen molar-refractivity contribution in [2.75, 3.05) is 13.7 Å². The molecule has 2 rings (SSSR count). The molecule has 152 valence electrons. The van der Waals surface area contributed by atoms with E-state index in [0.717, 1.165) is 13.2 Å². The molecule has 0 aliphatic heterocycles. The van der Waals surface area contributed by atoms with Crippen LogP contribution in [0, 0.1) is 27.2 Å². The number of carbonyl (C=O) groups excluding carboxylic acids is 1. The summed E-state index contributed by atoms with van der Waals surface area (Å²) in [5.74, 6) is -1.46. The predicted octanol–water partition coefficient (Wildman–Crippen LogP) is 2.05. The summed E-state index contributed by atoms with van der Waals surface area (Å²) in [4.78, 5) is 32.3. The monoisotopic (exact) mass is 404 g/mol. The number of rotatable bonds is 8. The van der Waals surface area contributed by atoms with E-state index in [2.05, 4.69) is 10.5 Å². The summed E-state index contributed by atoms with van der Waals surface area (Å²) in [5.41, 5.74) is 1.85. The molecule has 0 unspecified atom stereocenters. The van der Waals surface area contributed by atoms with Gasteiger partial charge >= 0.3 is 5.69 Å². The number of nitro benzene ring substituents is 2. The molecule has 2 aromatic carbocycles. The third-order valence-electron chi connectivity index (χ3n) is 3.66. The summed E-state index contributed by atoms with van der Waals surface area (Å²) in [6, 6.07) is 6.62. The van der Waals surface area contributed by atoms with Gasteiger partial charge in [-0.25, -0.2) is 5.43 Å². The number of nitro groups is 2. The van der Waals surface area contributed by atoms with Gasteiger partial charge in [-0.05, 0) is 18.6 Å². The molecule has 12 heteroatoms. The number of nitrogens with one attached hydrogen (secondary N) is 1. The van der Waals surface area contributed by atoms with Crippen LogP contribution in [0.3, 0.4) is 0 Å². The molecule has 0 heterocycles. The topological polar surface area (TPSA) is 166 Å². The van der Waals surface area contributed by atoms with Gasteiger partial charge in [0, 0.05) is 5.56 Å². The van der Waals surface area contributed by atoms with Crippen LogP contribution in [-0.4, -0.2) is 40.8 Å². The molecule has 29 heavy (non-hydrogen) atoms. The molecule has 0 spiro atoms. The summed E-state index contributed by atoms with van der Waals surface area (Å²) in [7, 11) is 1.15. The van der Waals surface area contributed by atoms with Crippen LogP contribution in [0.15, 0.2) is 35.4 Å². The van der Waals surface area contributed by atoms with Crippen molar-refractivity contribution in [3.8, 4) is 17.2 Å². The Hall–Kier alpha value is -4.22. The fourth-order valence-corrected chi connectivity index (χ4v) is 2.24. The fraction of sp³-hybridized carbons (Fsp3) is 0.176. The summed E-state index contributed by atoms with van der Waals surface area (Å²) in [6.45, 7) is 1.02. The van der Waals surface area contributed by atoms with E-state index in [1.54, 1.807) is 25.1 Å². The van der Waals surface area contributed by atoms with Gasteiger partial charge in [0.1, 0.15) is 5.75 Å². The highest BCUT2D eigenvalue weighted by molar-refractivity contribution is 5.86. The van der Waals surface area contributed by atoms with Gasteiger partial charge in [-0.3, -0.25) is 25.0 Å². The molecule has 0 aliphatic carbocycles. The molecule has 0 atom stereocenters. The van der Waals surface area contributed by atoms with Crippen molar-refractivity contribution < 1.29 is 29.2 Å². The lowest BCUT2D eigenvalue weighted by atomic mass is 10.1. The second-order valence-electron chi connectivity index (χ2n) is 5.61. The fourth-order valence-electron chi connectivity index (χ4n) is 2.24. The van der Waals surface area contributed by atoms with Gasteiger partial charge in [0.15, 0.2) is 12.4 Å². The van der Waals surface area contributed by atoms with Crippen LogP contribution >= 0.6 is 0 Å². The minimum atomic E-state index is -0.887. The molecule has 0 fully saturated rings. The number of carbonyl (C=O) groups is 1. The van der Waals surface area contributed by atoms with Crippen molar-refractivity contribution in [1.82, 2.24) is 5.43 Å². The van der Waals surface area contributed by atoms with E-state index in [9.17, 15) is 30.1 Å². The second kappa shape index (κ2) is 9.12. The predicted molar refractivity (Wildman–Crippen MR) is 100 cm³/mol. The quantitative estimate of drug-likeness (QED) is 0.383. The Balaban J connectivity index is 2.11. The highest BCUT2D eigenvalue weighted by Gasteiger charge is 2.27. The number of aryl methyl sites for hydroxylation is 1.